The number of aromatic nitrogens is 7. The summed E-state index contributed by atoms with van der Waals surface area (Å²) in [7, 11) is -2.32. The molecule has 0 spiro atoms. The van der Waals surface area contributed by atoms with Crippen LogP contribution in [0.4, 0.5) is 36.6 Å². The first-order valence-electron chi connectivity index (χ1n) is 16.8. The summed E-state index contributed by atoms with van der Waals surface area (Å²) in [5.41, 5.74) is -1.78. The zero-order chi connectivity index (χ0) is 40.8. The number of carbonyl (C=O) groups excluding carboxylic acids is 1. The Balaban J connectivity index is 1.40. The molecule has 21 heteroatoms. The Bertz CT molecular complexity index is 2670. The van der Waals surface area contributed by atoms with Crippen LogP contribution < -0.4 is 10.0 Å². The number of alkyl halides is 5. The van der Waals surface area contributed by atoms with Gasteiger partial charge in [-0.15, -0.1) is 0 Å². The van der Waals surface area contributed by atoms with Gasteiger partial charge in [-0.2, -0.15) is 32.1 Å². The minimum atomic E-state index is -5.10. The number of carbonyl (C=O) groups is 1. The van der Waals surface area contributed by atoms with Crippen LogP contribution in [0.15, 0.2) is 36.4 Å². The average molecular weight is 826 g/mol. The Morgan fingerprint density at radius 2 is 1.73 bits per heavy atom. The van der Waals surface area contributed by atoms with Gasteiger partial charge in [0.15, 0.2) is 17.2 Å². The summed E-state index contributed by atoms with van der Waals surface area (Å²) in [6.07, 6.45) is -4.55. The number of aryl methyl sites for hydroxylation is 2. The van der Waals surface area contributed by atoms with Crippen molar-refractivity contribution in [3.63, 3.8) is 0 Å². The largest absolute Gasteiger partial charge is 0.435 e. The molecule has 3 atom stereocenters. The highest BCUT2D eigenvalue weighted by Crippen LogP contribution is 2.55. The molecule has 56 heavy (non-hydrogen) atoms. The van der Waals surface area contributed by atoms with E-state index >= 15 is 8.78 Å². The Morgan fingerprint density at radius 3 is 2.38 bits per heavy atom. The molecule has 0 bridgehead atoms. The Labute approximate surface area is 318 Å². The third kappa shape index (κ3) is 6.92. The number of imidazole rings is 1. The number of sulfonamides is 1. The molecule has 0 aliphatic heterocycles. The number of fused-ring (bicyclic) bond motifs is 3. The highest BCUT2D eigenvalue weighted by molar-refractivity contribution is 7.92. The number of halogens is 8. The van der Waals surface area contributed by atoms with Crippen LogP contribution in [0.25, 0.3) is 33.2 Å². The number of nitrogens with zero attached hydrogens (tertiary/aromatic N) is 6. The van der Waals surface area contributed by atoms with E-state index in [0.717, 1.165) is 25.3 Å². The van der Waals surface area contributed by atoms with Crippen LogP contribution in [-0.2, 0) is 46.9 Å². The highest BCUT2D eigenvalue weighted by Gasteiger charge is 2.57. The molecule has 1 aliphatic rings. The van der Waals surface area contributed by atoms with Crippen LogP contribution in [0.3, 0.4) is 0 Å². The zero-order valence-electron chi connectivity index (χ0n) is 30.0. The monoisotopic (exact) mass is 825 g/mol. The molecular formula is C35H31ClF7N9O3S. The minimum Gasteiger partial charge on any atom is -0.346 e. The molecule has 4 heterocycles. The molecule has 3 N–H and O–H groups in total. The molecule has 2 aromatic carbocycles. The van der Waals surface area contributed by atoms with Gasteiger partial charge in [-0.05, 0) is 49.1 Å². The summed E-state index contributed by atoms with van der Waals surface area (Å²) >= 11 is 6.58. The van der Waals surface area contributed by atoms with Crippen LogP contribution in [0.2, 0.25) is 5.02 Å². The van der Waals surface area contributed by atoms with Gasteiger partial charge in [0.25, 0.3) is 5.92 Å². The van der Waals surface area contributed by atoms with Crippen molar-refractivity contribution in [3.05, 3.63) is 87.1 Å². The Morgan fingerprint density at radius 1 is 1.05 bits per heavy atom. The molecule has 0 saturated heterocycles. The molecule has 6 aromatic rings. The molecule has 12 nitrogen and oxygen atoms in total. The highest BCUT2D eigenvalue weighted by atomic mass is 35.5. The van der Waals surface area contributed by atoms with Crippen molar-refractivity contribution in [2.75, 3.05) is 11.0 Å². The third-order valence-electron chi connectivity index (χ3n) is 9.80. The van der Waals surface area contributed by atoms with Crippen molar-refractivity contribution < 1.29 is 43.9 Å². The number of anilines is 1. The van der Waals surface area contributed by atoms with Crippen LogP contribution in [-0.4, -0.2) is 55.1 Å². The van der Waals surface area contributed by atoms with E-state index in [0.29, 0.717) is 33.2 Å². The van der Waals surface area contributed by atoms with Crippen LogP contribution in [0, 0.1) is 24.5 Å². The van der Waals surface area contributed by atoms with Crippen molar-refractivity contribution in [1.29, 1.82) is 0 Å². The number of nitrogens with one attached hydrogen (secondary N) is 3. The van der Waals surface area contributed by atoms with E-state index in [1.807, 2.05) is 0 Å². The van der Waals surface area contributed by atoms with Gasteiger partial charge in [0.1, 0.15) is 29.7 Å². The predicted octanol–water partition coefficient (Wildman–Crippen LogP) is 7.28. The average Bonchev–Trinajstić information content (AvgIpc) is 3.77. The quantitative estimate of drug-likeness (QED) is 0.130. The molecule has 0 radical (unpaired) electrons. The smallest absolute Gasteiger partial charge is 0.346 e. The van der Waals surface area contributed by atoms with Crippen LogP contribution in [0.1, 0.15) is 59.8 Å². The van der Waals surface area contributed by atoms with E-state index < -0.39 is 81.0 Å². The molecular weight excluding hydrogens is 795 g/mol. The molecule has 7 rings (SSSR count). The van der Waals surface area contributed by atoms with Crippen molar-refractivity contribution in [2.45, 2.75) is 57.8 Å². The van der Waals surface area contributed by atoms with Crippen molar-refractivity contribution in [1.82, 2.24) is 39.8 Å². The van der Waals surface area contributed by atoms with E-state index in [1.54, 1.807) is 19.1 Å². The maximum Gasteiger partial charge on any atom is 0.435 e. The van der Waals surface area contributed by atoms with Gasteiger partial charge in [0, 0.05) is 35.7 Å². The summed E-state index contributed by atoms with van der Waals surface area (Å²) in [5, 5.41) is 10.7. The van der Waals surface area contributed by atoms with E-state index in [-0.39, 0.29) is 45.1 Å². The number of benzene rings is 2. The van der Waals surface area contributed by atoms with E-state index in [9.17, 15) is 35.2 Å². The molecule has 0 unspecified atom stereocenters. The topological polar surface area (TPSA) is 152 Å². The number of hydrogen-bond donors (Lipinski definition) is 3. The number of hydrogen-bond acceptors (Lipinski definition) is 7. The van der Waals surface area contributed by atoms with Crippen molar-refractivity contribution in [2.24, 2.45) is 13.0 Å². The summed E-state index contributed by atoms with van der Waals surface area (Å²) in [5.74, 6) is -9.19. The van der Waals surface area contributed by atoms with E-state index in [2.05, 4.69) is 30.2 Å². The van der Waals surface area contributed by atoms with Crippen LogP contribution in [0.5, 0.6) is 0 Å². The van der Waals surface area contributed by atoms with Gasteiger partial charge < -0.3 is 10.3 Å². The lowest BCUT2D eigenvalue weighted by Crippen LogP contribution is -2.35. The van der Waals surface area contributed by atoms with Crippen molar-refractivity contribution >= 4 is 55.4 Å². The van der Waals surface area contributed by atoms with Gasteiger partial charge in [0.2, 0.25) is 15.9 Å². The molecule has 1 amide bonds. The summed E-state index contributed by atoms with van der Waals surface area (Å²) in [6.45, 7) is 2.90. The normalized spacial score (nSPS) is 17.4. The number of aromatic amines is 1. The first-order valence-corrected chi connectivity index (χ1v) is 19.1. The van der Waals surface area contributed by atoms with Gasteiger partial charge in [-0.1, -0.05) is 31.5 Å². The fraction of sp³-hybridized carbons (Fsp3) is 0.343. The second-order valence-electron chi connectivity index (χ2n) is 13.8. The summed E-state index contributed by atoms with van der Waals surface area (Å²) in [4.78, 5) is 26.1. The number of pyridine rings is 1. The lowest BCUT2D eigenvalue weighted by molar-refractivity contribution is -0.143. The van der Waals surface area contributed by atoms with E-state index in [1.165, 1.54) is 24.7 Å². The lowest BCUT2D eigenvalue weighted by atomic mass is 9.94. The maximum absolute atomic E-state index is 15.6. The summed E-state index contributed by atoms with van der Waals surface area (Å²) in [6, 6.07) is 5.94. The summed E-state index contributed by atoms with van der Waals surface area (Å²) < 4.78 is 131. The van der Waals surface area contributed by atoms with E-state index in [4.69, 9.17) is 16.6 Å². The second kappa shape index (κ2) is 13.5. The predicted molar refractivity (Wildman–Crippen MR) is 191 cm³/mol. The first-order chi connectivity index (χ1) is 26.0. The van der Waals surface area contributed by atoms with Gasteiger partial charge in [-0.25, -0.2) is 27.2 Å². The first kappa shape index (κ1) is 39.0. The number of H-pyrrole nitrogens is 1. The van der Waals surface area contributed by atoms with Gasteiger partial charge in [0.05, 0.1) is 39.4 Å². The van der Waals surface area contributed by atoms with Crippen molar-refractivity contribution in [3.8, 4) is 11.1 Å². The molecule has 0 saturated carbocycles. The number of rotatable bonds is 9. The number of amides is 1. The molecule has 4 aromatic heterocycles. The molecule has 0 fully saturated rings. The molecule has 296 valence electrons. The minimum absolute atomic E-state index is 0.0220. The van der Waals surface area contributed by atoms with Crippen LogP contribution >= 0.6 is 11.6 Å². The molecule has 1 aliphatic carbocycles. The SMILES string of the molecule is Cc1nc2nc([C@H](Cc3cc(F)cc(F)c3)NC(=O)Cn3nc(C(F)(F)F)c4c3C(F)(F)[C@H](C)[C@@H]4C)c(-c3ccc(Cl)c4c(NS(C)(=O)=O)nn(C)c34)cc2[nH]1. The Kier molecular flexibility index (Phi) is 9.38. The Hall–Kier alpha value is -5.24. The standard InChI is InChI=1S/C35H31ClF7N9O3S/c1-14-15(2)34(39,40)31-26(14)30(35(41,42)43)48-52(31)13-25(53)46-23(10-17-8-18(37)11-19(38)9-17)28-21(12-24-32(47-28)45-16(3)44-24)20-6-7-22(36)27-29(20)51(4)49-33(27)50-56(5,54)55/h6-9,11-12,14-15,23H,10,13H2,1-5H3,(H,46,53)(H,49,50)(H,44,45,47)/t14-,15+,23-/m0/s1. The fourth-order valence-electron chi connectivity index (χ4n) is 7.32. The maximum atomic E-state index is 15.6. The zero-order valence-corrected chi connectivity index (χ0v) is 31.5. The lowest BCUT2D eigenvalue weighted by Gasteiger charge is -2.23. The second-order valence-corrected chi connectivity index (χ2v) is 16.0. The van der Waals surface area contributed by atoms with Gasteiger partial charge >= 0.3 is 6.18 Å². The van der Waals surface area contributed by atoms with Gasteiger partial charge in [-0.3, -0.25) is 18.9 Å². The fourth-order valence-corrected chi connectivity index (χ4v) is 8.05. The third-order valence-corrected chi connectivity index (χ3v) is 10.7.